The van der Waals surface area contributed by atoms with Crippen molar-refractivity contribution in [2.45, 2.75) is 18.9 Å². The van der Waals surface area contributed by atoms with Gasteiger partial charge in [-0.1, -0.05) is 0 Å². The molecule has 1 saturated carbocycles. The van der Waals surface area contributed by atoms with Crippen molar-refractivity contribution < 1.29 is 5.11 Å². The number of hydrogen-bond donors (Lipinski definition) is 1. The van der Waals surface area contributed by atoms with Gasteiger partial charge in [-0.15, -0.1) is 0 Å². The predicted molar refractivity (Wildman–Crippen MR) is 21.0 cm³/mol. The topological polar surface area (TPSA) is 20.2 Å². The summed E-state index contributed by atoms with van der Waals surface area (Å²) in [5, 5.41) is 8.17. The summed E-state index contributed by atoms with van der Waals surface area (Å²) in [6.45, 7) is 0. The molecule has 0 aromatic carbocycles. The molecule has 0 spiro atoms. The van der Waals surface area contributed by atoms with Crippen molar-refractivity contribution in [3.05, 3.63) is 0 Å². The summed E-state index contributed by atoms with van der Waals surface area (Å²) in [5.41, 5.74) is 0. The van der Waals surface area contributed by atoms with Crippen LogP contribution in [0.2, 0.25) is 0 Å². The van der Waals surface area contributed by atoms with Crippen LogP contribution in [-0.2, 0) is 0 Å². The van der Waals surface area contributed by atoms with Gasteiger partial charge in [0.25, 0.3) is 0 Å². The van der Waals surface area contributed by atoms with Gasteiger partial charge in [0.05, 0.1) is 6.10 Å². The molecule has 1 fully saturated rings. The van der Waals surface area contributed by atoms with Crippen LogP contribution in [0.5, 0.6) is 0 Å². The van der Waals surface area contributed by atoms with Crippen molar-refractivity contribution in [1.82, 2.24) is 0 Å². The third-order valence-corrected chi connectivity index (χ3v) is 0.547. The molecule has 0 atom stereocenters. The second-order valence-corrected chi connectivity index (χ2v) is 1.23. The van der Waals surface area contributed by atoms with Gasteiger partial charge < -0.3 is 5.11 Å². The number of aliphatic hydroxyl groups is 1. The summed E-state index contributed by atoms with van der Waals surface area (Å²) in [4.78, 5) is 0. The fourth-order valence-corrected chi connectivity index (χ4v) is 0.0745. The third kappa shape index (κ3) is 2.36. The smallest absolute Gasteiger partial charge is 0.0542 e. The monoisotopic (exact) mass is 65.1 g/mol. The van der Waals surface area contributed by atoms with E-state index in [4.69, 9.17) is 5.11 Å². The van der Waals surface area contributed by atoms with E-state index in [9.17, 15) is 0 Å². The normalized spacial score (nSPS) is 21.0. The zero-order chi connectivity index (χ0) is 2.99. The van der Waals surface area contributed by atoms with Crippen LogP contribution in [0, 0.1) is 0 Å². The first-order valence-electron chi connectivity index (χ1n) is 1.57. The quantitative estimate of drug-likeness (QED) is 0.386. The van der Waals surface area contributed by atoms with E-state index in [1.807, 2.05) is 0 Å². The van der Waals surface area contributed by atoms with Crippen LogP contribution in [0.1, 0.15) is 12.8 Å². The molecule has 2 heteroatoms. The van der Waals surface area contributed by atoms with Crippen LogP contribution in [0.4, 0.5) is 0 Å². The summed E-state index contributed by atoms with van der Waals surface area (Å²) >= 11 is 0. The van der Waals surface area contributed by atoms with Gasteiger partial charge in [0.15, 0.2) is 0 Å². The van der Waals surface area contributed by atoms with Crippen LogP contribution in [0.3, 0.4) is 0 Å². The summed E-state index contributed by atoms with van der Waals surface area (Å²) in [7, 11) is 0. The van der Waals surface area contributed by atoms with E-state index < -0.39 is 0 Å². The largest absolute Gasteiger partial charge is 0.393 e. The summed E-state index contributed by atoms with van der Waals surface area (Å²) in [5.74, 6) is 0. The second kappa shape index (κ2) is 1.87. The molecular weight excluding hydrogens is 59.0 g/mol. The Labute approximate surface area is 43.6 Å². The van der Waals surface area contributed by atoms with Crippen LogP contribution in [0.15, 0.2) is 0 Å². The Morgan fingerprint density at radius 3 is 1.60 bits per heavy atom. The van der Waals surface area contributed by atoms with Gasteiger partial charge in [0, 0.05) is 18.9 Å². The molecular formula is C3H6LiO. The van der Waals surface area contributed by atoms with Gasteiger partial charge in [0.1, 0.15) is 0 Å². The molecule has 0 aromatic heterocycles. The molecule has 0 aromatic rings. The van der Waals surface area contributed by atoms with E-state index in [-0.39, 0.29) is 25.0 Å². The van der Waals surface area contributed by atoms with E-state index in [1.165, 1.54) is 0 Å². The van der Waals surface area contributed by atoms with Crippen LogP contribution in [-0.4, -0.2) is 30.1 Å². The minimum absolute atomic E-state index is 0. The summed E-state index contributed by atoms with van der Waals surface area (Å²) < 4.78 is 0. The molecule has 0 unspecified atom stereocenters. The predicted octanol–water partition coefficient (Wildman–Crippen LogP) is -0.240. The first kappa shape index (κ1) is 5.56. The minimum Gasteiger partial charge on any atom is -0.393 e. The van der Waals surface area contributed by atoms with Crippen molar-refractivity contribution in [1.29, 1.82) is 0 Å². The molecule has 1 N–H and O–H groups in total. The Bertz CT molecular complexity index is 26.1. The zero-order valence-electron chi connectivity index (χ0n) is 3.44. The van der Waals surface area contributed by atoms with Crippen molar-refractivity contribution in [2.75, 3.05) is 0 Å². The van der Waals surface area contributed by atoms with Gasteiger partial charge in [0.2, 0.25) is 0 Å². The molecule has 1 rings (SSSR count). The van der Waals surface area contributed by atoms with E-state index >= 15 is 0 Å². The van der Waals surface area contributed by atoms with Gasteiger partial charge in [-0.2, -0.15) is 0 Å². The first-order valence-corrected chi connectivity index (χ1v) is 1.57. The molecule has 25 valence electrons. The fourth-order valence-electron chi connectivity index (χ4n) is 0.0745. The SMILES string of the molecule is OC1CC1.[Li]. The maximum absolute atomic E-state index is 8.17. The van der Waals surface area contributed by atoms with Crippen molar-refractivity contribution >= 4 is 18.9 Å². The Kier molecular flexibility index (Phi) is 2.08. The Balaban J connectivity index is 0.000000160. The first-order chi connectivity index (χ1) is 1.89. The molecule has 1 aliphatic carbocycles. The van der Waals surface area contributed by atoms with Crippen LogP contribution >= 0.6 is 0 Å². The molecule has 5 heavy (non-hydrogen) atoms. The average Bonchev–Trinajstić information content (AvgIpc) is 1.75. The minimum atomic E-state index is 0. The standard InChI is InChI=1S/C3H6O.Li/c4-3-1-2-3;/h3-4H,1-2H2;. The average molecular weight is 65.0 g/mol. The number of rotatable bonds is 0. The molecule has 1 radical (unpaired) electrons. The fraction of sp³-hybridized carbons (Fsp3) is 1.00. The van der Waals surface area contributed by atoms with Crippen LogP contribution < -0.4 is 0 Å². The molecule has 0 bridgehead atoms. The van der Waals surface area contributed by atoms with Gasteiger partial charge in [-0.3, -0.25) is 0 Å². The molecule has 0 amide bonds. The van der Waals surface area contributed by atoms with E-state index in [1.54, 1.807) is 0 Å². The third-order valence-electron chi connectivity index (χ3n) is 0.547. The maximum atomic E-state index is 8.17. The van der Waals surface area contributed by atoms with Gasteiger partial charge in [-0.05, 0) is 12.8 Å². The summed E-state index contributed by atoms with van der Waals surface area (Å²) in [6, 6.07) is 0. The molecule has 0 aliphatic heterocycles. The van der Waals surface area contributed by atoms with Crippen molar-refractivity contribution in [2.24, 2.45) is 0 Å². The van der Waals surface area contributed by atoms with Crippen molar-refractivity contribution in [3.63, 3.8) is 0 Å². The molecule has 0 heterocycles. The second-order valence-electron chi connectivity index (χ2n) is 1.23. The Morgan fingerprint density at radius 1 is 1.40 bits per heavy atom. The van der Waals surface area contributed by atoms with Crippen LogP contribution in [0.25, 0.3) is 0 Å². The molecule has 1 aliphatic rings. The van der Waals surface area contributed by atoms with E-state index in [2.05, 4.69) is 0 Å². The van der Waals surface area contributed by atoms with E-state index in [0.717, 1.165) is 12.8 Å². The van der Waals surface area contributed by atoms with E-state index in [0.29, 0.717) is 0 Å². The maximum Gasteiger partial charge on any atom is 0.0542 e. The Morgan fingerprint density at radius 2 is 1.60 bits per heavy atom. The molecule has 1 nitrogen and oxygen atoms in total. The number of hydrogen-bond acceptors (Lipinski definition) is 1. The van der Waals surface area contributed by atoms with Crippen molar-refractivity contribution in [3.8, 4) is 0 Å². The summed E-state index contributed by atoms with van der Waals surface area (Å²) in [6.07, 6.45) is 2.17. The Hall–Kier alpha value is 0.557. The number of aliphatic hydroxyl groups excluding tert-OH is 1. The van der Waals surface area contributed by atoms with Gasteiger partial charge >= 0.3 is 0 Å². The molecule has 0 saturated heterocycles. The zero-order valence-corrected chi connectivity index (χ0v) is 3.44. The van der Waals surface area contributed by atoms with Gasteiger partial charge in [-0.25, -0.2) is 0 Å².